The second kappa shape index (κ2) is 3.52. The Labute approximate surface area is 67.6 Å². The van der Waals surface area contributed by atoms with Gasteiger partial charge in [0.25, 0.3) is 0 Å². The molecule has 66 valence electrons. The van der Waals surface area contributed by atoms with E-state index in [0.29, 0.717) is 0 Å². The molecule has 0 aromatic carbocycles. The van der Waals surface area contributed by atoms with Gasteiger partial charge in [-0.2, -0.15) is 0 Å². The van der Waals surface area contributed by atoms with Gasteiger partial charge in [-0.3, -0.25) is 0 Å². The summed E-state index contributed by atoms with van der Waals surface area (Å²) in [5.74, 6) is 0.328. The fourth-order valence-corrected chi connectivity index (χ4v) is 1.81. The van der Waals surface area contributed by atoms with E-state index in [1.54, 1.807) is 0 Å². The van der Waals surface area contributed by atoms with E-state index in [-0.39, 0.29) is 24.5 Å². The lowest BCUT2D eigenvalue weighted by atomic mass is 9.88. The summed E-state index contributed by atoms with van der Waals surface area (Å²) in [6.07, 6.45) is -0.323. The second-order valence-electron chi connectivity index (χ2n) is 3.63. The summed E-state index contributed by atoms with van der Waals surface area (Å²) in [5, 5.41) is 18.5. The van der Waals surface area contributed by atoms with Crippen molar-refractivity contribution in [3.63, 3.8) is 0 Å². The van der Waals surface area contributed by atoms with Crippen LogP contribution in [-0.2, 0) is 0 Å². The molecule has 0 aromatic heterocycles. The molecule has 0 amide bonds. The Morgan fingerprint density at radius 3 is 2.64 bits per heavy atom. The lowest BCUT2D eigenvalue weighted by Crippen LogP contribution is -2.47. The van der Waals surface area contributed by atoms with Crippen molar-refractivity contribution in [3.05, 3.63) is 0 Å². The summed E-state index contributed by atoms with van der Waals surface area (Å²) in [7, 11) is 2.02. The Morgan fingerprint density at radius 2 is 2.09 bits per heavy atom. The molecule has 0 bridgehead atoms. The summed E-state index contributed by atoms with van der Waals surface area (Å²) in [6.45, 7) is 3.85. The van der Waals surface area contributed by atoms with Crippen molar-refractivity contribution in [1.29, 1.82) is 0 Å². The average Bonchev–Trinajstić information content (AvgIpc) is 1.96. The van der Waals surface area contributed by atoms with Crippen molar-refractivity contribution in [1.82, 2.24) is 4.90 Å². The van der Waals surface area contributed by atoms with E-state index in [4.69, 9.17) is 5.11 Å². The van der Waals surface area contributed by atoms with E-state index >= 15 is 0 Å². The summed E-state index contributed by atoms with van der Waals surface area (Å²) >= 11 is 0. The molecule has 1 fully saturated rings. The highest BCUT2D eigenvalue weighted by molar-refractivity contribution is 4.82. The van der Waals surface area contributed by atoms with E-state index < -0.39 is 0 Å². The largest absolute Gasteiger partial charge is 0.396 e. The van der Waals surface area contributed by atoms with Crippen LogP contribution in [0.4, 0.5) is 0 Å². The van der Waals surface area contributed by atoms with Gasteiger partial charge in [0.05, 0.1) is 6.10 Å². The van der Waals surface area contributed by atoms with Crippen LogP contribution < -0.4 is 0 Å². The second-order valence-corrected chi connectivity index (χ2v) is 3.63. The van der Waals surface area contributed by atoms with Crippen molar-refractivity contribution < 1.29 is 10.2 Å². The topological polar surface area (TPSA) is 43.7 Å². The average molecular weight is 159 g/mol. The van der Waals surface area contributed by atoms with E-state index in [1.807, 2.05) is 14.0 Å². The zero-order valence-corrected chi connectivity index (χ0v) is 7.20. The van der Waals surface area contributed by atoms with E-state index in [1.165, 1.54) is 0 Å². The predicted octanol–water partition coefficient (Wildman–Crippen LogP) is -0.463. The number of rotatable bonds is 1. The van der Waals surface area contributed by atoms with Gasteiger partial charge in [0.15, 0.2) is 0 Å². The molecule has 1 saturated heterocycles. The molecule has 0 spiro atoms. The molecular formula is C8H17NO2. The minimum atomic E-state index is -0.323. The van der Waals surface area contributed by atoms with Crippen molar-refractivity contribution >= 4 is 0 Å². The first-order valence-electron chi connectivity index (χ1n) is 4.12. The molecule has 0 saturated carbocycles. The summed E-state index contributed by atoms with van der Waals surface area (Å²) < 4.78 is 0. The zero-order valence-electron chi connectivity index (χ0n) is 7.20. The number of hydrogen-bond donors (Lipinski definition) is 2. The first-order chi connectivity index (χ1) is 5.15. The Morgan fingerprint density at radius 1 is 1.45 bits per heavy atom. The van der Waals surface area contributed by atoms with E-state index in [0.717, 1.165) is 13.1 Å². The quantitative estimate of drug-likeness (QED) is 0.544. The van der Waals surface area contributed by atoms with Crippen molar-refractivity contribution in [3.8, 4) is 0 Å². The standard InChI is InChI=1S/C8H17NO2/c1-6-3-9(2)4-7(5-10)8(6)11/h6-8,10-11H,3-5H2,1-2H3. The fourth-order valence-electron chi connectivity index (χ4n) is 1.81. The van der Waals surface area contributed by atoms with Gasteiger partial charge >= 0.3 is 0 Å². The lowest BCUT2D eigenvalue weighted by Gasteiger charge is -2.37. The monoisotopic (exact) mass is 159 g/mol. The molecule has 3 heteroatoms. The van der Waals surface area contributed by atoms with Crippen molar-refractivity contribution in [2.24, 2.45) is 11.8 Å². The zero-order chi connectivity index (χ0) is 8.43. The minimum absolute atomic E-state index is 0.0451. The number of aliphatic hydroxyl groups excluding tert-OH is 2. The summed E-state index contributed by atoms with van der Waals surface area (Å²) in [6, 6.07) is 0. The molecule has 2 N–H and O–H groups in total. The molecule has 1 aliphatic rings. The van der Waals surface area contributed by atoms with Crippen LogP contribution in [0, 0.1) is 11.8 Å². The molecule has 3 unspecified atom stereocenters. The third-order valence-corrected chi connectivity index (χ3v) is 2.45. The van der Waals surface area contributed by atoms with Gasteiger partial charge < -0.3 is 15.1 Å². The van der Waals surface area contributed by atoms with Gasteiger partial charge in [0.2, 0.25) is 0 Å². The van der Waals surface area contributed by atoms with Crippen LogP contribution in [0.25, 0.3) is 0 Å². The van der Waals surface area contributed by atoms with Gasteiger partial charge in [-0.1, -0.05) is 6.92 Å². The normalized spacial score (nSPS) is 40.9. The smallest absolute Gasteiger partial charge is 0.0640 e. The maximum absolute atomic E-state index is 9.57. The Balaban J connectivity index is 2.51. The number of nitrogens with zero attached hydrogens (tertiary/aromatic N) is 1. The molecule has 3 nitrogen and oxygen atoms in total. The number of hydrogen-bond acceptors (Lipinski definition) is 3. The van der Waals surface area contributed by atoms with Crippen LogP contribution in [0.5, 0.6) is 0 Å². The molecule has 11 heavy (non-hydrogen) atoms. The molecule has 1 aliphatic heterocycles. The number of likely N-dealkylation sites (tertiary alicyclic amines) is 1. The molecular weight excluding hydrogens is 142 g/mol. The van der Waals surface area contributed by atoms with Crippen LogP contribution in [0.15, 0.2) is 0 Å². The highest BCUT2D eigenvalue weighted by Gasteiger charge is 2.30. The first-order valence-corrected chi connectivity index (χ1v) is 4.12. The molecule has 3 atom stereocenters. The molecule has 0 aliphatic carbocycles. The van der Waals surface area contributed by atoms with Crippen LogP contribution in [-0.4, -0.2) is 48.0 Å². The van der Waals surface area contributed by atoms with Crippen LogP contribution in [0.3, 0.4) is 0 Å². The Bertz CT molecular complexity index is 129. The van der Waals surface area contributed by atoms with Crippen molar-refractivity contribution in [2.45, 2.75) is 13.0 Å². The van der Waals surface area contributed by atoms with Gasteiger partial charge in [-0.25, -0.2) is 0 Å². The third kappa shape index (κ3) is 1.92. The fraction of sp³-hybridized carbons (Fsp3) is 1.00. The molecule has 1 rings (SSSR count). The number of aliphatic hydroxyl groups is 2. The molecule has 0 radical (unpaired) electrons. The maximum atomic E-state index is 9.57. The summed E-state index contributed by atoms with van der Waals surface area (Å²) in [4.78, 5) is 2.15. The highest BCUT2D eigenvalue weighted by Crippen LogP contribution is 2.20. The SMILES string of the molecule is CC1CN(C)CC(CO)C1O. The first kappa shape index (κ1) is 8.97. The summed E-state index contributed by atoms with van der Waals surface area (Å²) in [5.41, 5.74) is 0. The molecule has 0 aromatic rings. The lowest BCUT2D eigenvalue weighted by molar-refractivity contribution is -0.0280. The van der Waals surface area contributed by atoms with E-state index in [9.17, 15) is 5.11 Å². The highest BCUT2D eigenvalue weighted by atomic mass is 16.3. The minimum Gasteiger partial charge on any atom is -0.396 e. The van der Waals surface area contributed by atoms with Crippen LogP contribution in [0.1, 0.15) is 6.92 Å². The van der Waals surface area contributed by atoms with Crippen molar-refractivity contribution in [2.75, 3.05) is 26.7 Å². The van der Waals surface area contributed by atoms with Crippen LogP contribution >= 0.6 is 0 Å². The van der Waals surface area contributed by atoms with Gasteiger partial charge in [-0.05, 0) is 13.0 Å². The Kier molecular flexibility index (Phi) is 2.87. The number of piperidine rings is 1. The maximum Gasteiger partial charge on any atom is 0.0640 e. The third-order valence-electron chi connectivity index (χ3n) is 2.45. The predicted molar refractivity (Wildman–Crippen MR) is 43.2 cm³/mol. The van der Waals surface area contributed by atoms with E-state index in [2.05, 4.69) is 4.90 Å². The van der Waals surface area contributed by atoms with Gasteiger partial charge in [0, 0.05) is 25.6 Å². The van der Waals surface area contributed by atoms with Gasteiger partial charge in [0.1, 0.15) is 0 Å². The Hall–Kier alpha value is -0.120. The van der Waals surface area contributed by atoms with Crippen LogP contribution in [0.2, 0.25) is 0 Å². The van der Waals surface area contributed by atoms with Gasteiger partial charge in [-0.15, -0.1) is 0 Å². The molecule has 1 heterocycles.